The molecule has 4 N–H and O–H groups in total. The molecule has 30 heavy (non-hydrogen) atoms. The third kappa shape index (κ3) is 9.87. The molecule has 10 heteroatoms. The summed E-state index contributed by atoms with van der Waals surface area (Å²) in [5.74, 6) is -2.21. The minimum Gasteiger partial charge on any atom is -0.467 e. The molecule has 0 unspecified atom stereocenters. The average Bonchev–Trinajstić information content (AvgIpc) is 2.67. The lowest BCUT2D eigenvalue weighted by molar-refractivity contribution is -0.156. The van der Waals surface area contributed by atoms with Crippen molar-refractivity contribution in [2.75, 3.05) is 13.7 Å². The van der Waals surface area contributed by atoms with Gasteiger partial charge in [-0.15, -0.1) is 0 Å². The first kappa shape index (κ1) is 24.9. The van der Waals surface area contributed by atoms with Crippen LogP contribution in [-0.4, -0.2) is 55.3 Å². The van der Waals surface area contributed by atoms with Crippen LogP contribution in [0.2, 0.25) is 0 Å². The first-order valence-electron chi connectivity index (χ1n) is 9.32. The maximum absolute atomic E-state index is 12.2. The van der Waals surface area contributed by atoms with Gasteiger partial charge in [-0.05, 0) is 26.3 Å². The first-order chi connectivity index (χ1) is 14.0. The van der Waals surface area contributed by atoms with Crippen molar-refractivity contribution in [3.63, 3.8) is 0 Å². The second-order valence-corrected chi connectivity index (χ2v) is 7.42. The summed E-state index contributed by atoms with van der Waals surface area (Å²) in [6.07, 6.45) is -1.15. The predicted molar refractivity (Wildman–Crippen MR) is 107 cm³/mol. The molecule has 0 aliphatic heterocycles. The Morgan fingerprint density at radius 2 is 1.73 bits per heavy atom. The molecule has 0 heterocycles. The Balaban J connectivity index is 2.54. The number of carbonyl (C=O) groups is 4. The lowest BCUT2D eigenvalue weighted by Gasteiger charge is -2.22. The van der Waals surface area contributed by atoms with E-state index in [-0.39, 0.29) is 19.6 Å². The average molecular weight is 423 g/mol. The highest BCUT2D eigenvalue weighted by Gasteiger charge is 2.27. The molecule has 2 amide bonds. The molecule has 0 saturated carbocycles. The molecule has 1 aromatic rings. The van der Waals surface area contributed by atoms with Crippen molar-refractivity contribution in [2.45, 2.75) is 51.5 Å². The van der Waals surface area contributed by atoms with Gasteiger partial charge >= 0.3 is 18.0 Å². The Hall–Kier alpha value is -3.14. The van der Waals surface area contributed by atoms with E-state index in [1.807, 2.05) is 6.07 Å². The molecule has 0 spiro atoms. The highest BCUT2D eigenvalue weighted by Crippen LogP contribution is 2.09. The topological polar surface area (TPSA) is 146 Å². The van der Waals surface area contributed by atoms with Gasteiger partial charge in [-0.25, -0.2) is 9.59 Å². The van der Waals surface area contributed by atoms with E-state index in [1.54, 1.807) is 45.0 Å². The van der Waals surface area contributed by atoms with Crippen LogP contribution in [0.4, 0.5) is 4.79 Å². The van der Waals surface area contributed by atoms with Gasteiger partial charge in [0.1, 0.15) is 18.2 Å². The number of benzene rings is 1. The number of ether oxygens (including phenoxy) is 3. The molecule has 0 saturated heterocycles. The zero-order chi connectivity index (χ0) is 22.7. The maximum Gasteiger partial charge on any atom is 0.407 e. The molecule has 0 bridgehead atoms. The lowest BCUT2D eigenvalue weighted by atomic mass is 10.1. The third-order valence-corrected chi connectivity index (χ3v) is 3.61. The van der Waals surface area contributed by atoms with E-state index in [2.05, 4.69) is 15.4 Å². The largest absolute Gasteiger partial charge is 0.467 e. The van der Waals surface area contributed by atoms with Crippen molar-refractivity contribution in [3.8, 4) is 0 Å². The number of methoxy groups -OCH3 is 1. The van der Waals surface area contributed by atoms with Gasteiger partial charge < -0.3 is 30.6 Å². The molecule has 0 aliphatic carbocycles. The van der Waals surface area contributed by atoms with Crippen LogP contribution in [0.5, 0.6) is 0 Å². The van der Waals surface area contributed by atoms with Crippen LogP contribution in [-0.2, 0) is 35.2 Å². The molecular formula is C20H29N3O7. The van der Waals surface area contributed by atoms with Crippen LogP contribution in [0.25, 0.3) is 0 Å². The zero-order valence-corrected chi connectivity index (χ0v) is 17.6. The number of hydrogen-bond acceptors (Lipinski definition) is 8. The molecule has 0 fully saturated rings. The second-order valence-electron chi connectivity index (χ2n) is 7.42. The molecule has 0 radical (unpaired) electrons. The Bertz CT molecular complexity index is 732. The SMILES string of the molecule is COC(=O)[C@H](CNC(=O)OCc1ccccc1)NC(=O)[C@@H](N)CC(=O)OC(C)(C)C. The summed E-state index contributed by atoms with van der Waals surface area (Å²) in [5.41, 5.74) is 5.79. The minimum atomic E-state index is -1.24. The quantitative estimate of drug-likeness (QED) is 0.387. The zero-order valence-electron chi connectivity index (χ0n) is 17.6. The number of esters is 2. The summed E-state index contributed by atoms with van der Waals surface area (Å²) >= 11 is 0. The summed E-state index contributed by atoms with van der Waals surface area (Å²) in [4.78, 5) is 47.8. The van der Waals surface area contributed by atoms with E-state index >= 15 is 0 Å². The second kappa shape index (κ2) is 11.8. The first-order valence-corrected chi connectivity index (χ1v) is 9.32. The molecule has 0 aromatic heterocycles. The Kier molecular flexibility index (Phi) is 9.76. The Morgan fingerprint density at radius 3 is 2.30 bits per heavy atom. The van der Waals surface area contributed by atoms with Crippen LogP contribution in [0, 0.1) is 0 Å². The summed E-state index contributed by atoms with van der Waals surface area (Å²) in [6.45, 7) is 4.82. The molecule has 10 nitrogen and oxygen atoms in total. The number of carbonyl (C=O) groups excluding carboxylic acids is 4. The number of alkyl carbamates (subject to hydrolysis) is 1. The minimum absolute atomic E-state index is 0.0443. The van der Waals surface area contributed by atoms with Gasteiger partial charge in [0.15, 0.2) is 0 Å². The third-order valence-electron chi connectivity index (χ3n) is 3.61. The Labute approximate surface area is 175 Å². The van der Waals surface area contributed by atoms with E-state index in [1.165, 1.54) is 0 Å². The fourth-order valence-electron chi connectivity index (χ4n) is 2.23. The molecule has 2 atom stereocenters. The van der Waals surface area contributed by atoms with E-state index in [0.29, 0.717) is 0 Å². The van der Waals surface area contributed by atoms with Gasteiger partial charge in [-0.3, -0.25) is 9.59 Å². The van der Waals surface area contributed by atoms with Crippen molar-refractivity contribution in [1.82, 2.24) is 10.6 Å². The summed E-state index contributed by atoms with van der Waals surface area (Å²) < 4.78 is 14.8. The fraction of sp³-hybridized carbons (Fsp3) is 0.500. The van der Waals surface area contributed by atoms with E-state index < -0.39 is 41.6 Å². The van der Waals surface area contributed by atoms with Crippen molar-refractivity contribution in [1.29, 1.82) is 0 Å². The predicted octanol–water partition coefficient (Wildman–Crippen LogP) is 0.630. The van der Waals surface area contributed by atoms with Crippen molar-refractivity contribution >= 4 is 23.9 Å². The van der Waals surface area contributed by atoms with Gasteiger partial charge in [0.05, 0.1) is 26.1 Å². The normalized spacial score (nSPS) is 12.8. The monoisotopic (exact) mass is 423 g/mol. The number of rotatable bonds is 9. The molecule has 1 aromatic carbocycles. The lowest BCUT2D eigenvalue weighted by Crippen LogP contribution is -2.53. The number of hydrogen-bond donors (Lipinski definition) is 3. The van der Waals surface area contributed by atoms with E-state index in [9.17, 15) is 19.2 Å². The van der Waals surface area contributed by atoms with Gasteiger partial charge in [-0.2, -0.15) is 0 Å². The number of amides is 2. The highest BCUT2D eigenvalue weighted by atomic mass is 16.6. The molecular weight excluding hydrogens is 394 g/mol. The van der Waals surface area contributed by atoms with Crippen molar-refractivity contribution < 1.29 is 33.4 Å². The van der Waals surface area contributed by atoms with E-state index in [0.717, 1.165) is 12.7 Å². The van der Waals surface area contributed by atoms with Crippen LogP contribution in [0.3, 0.4) is 0 Å². The number of nitrogens with two attached hydrogens (primary N) is 1. The highest BCUT2D eigenvalue weighted by molar-refractivity contribution is 5.90. The van der Waals surface area contributed by atoms with E-state index in [4.69, 9.17) is 15.2 Å². The fourth-order valence-corrected chi connectivity index (χ4v) is 2.23. The summed E-state index contributed by atoms with van der Waals surface area (Å²) in [7, 11) is 1.13. The van der Waals surface area contributed by atoms with Crippen LogP contribution in [0.1, 0.15) is 32.8 Å². The maximum atomic E-state index is 12.2. The van der Waals surface area contributed by atoms with Gasteiger partial charge in [0.25, 0.3) is 0 Å². The van der Waals surface area contributed by atoms with Crippen molar-refractivity contribution in [2.24, 2.45) is 5.73 Å². The molecule has 166 valence electrons. The van der Waals surface area contributed by atoms with Crippen LogP contribution in [0.15, 0.2) is 30.3 Å². The van der Waals surface area contributed by atoms with Crippen LogP contribution < -0.4 is 16.4 Å². The van der Waals surface area contributed by atoms with Gasteiger partial charge in [0, 0.05) is 0 Å². The van der Waals surface area contributed by atoms with Gasteiger partial charge in [-0.1, -0.05) is 30.3 Å². The van der Waals surface area contributed by atoms with Crippen LogP contribution >= 0.6 is 0 Å². The standard InChI is InChI=1S/C20H29N3O7/c1-20(2,3)30-16(24)10-14(21)17(25)23-15(18(26)28-4)11-22-19(27)29-12-13-8-6-5-7-9-13/h5-9,14-15H,10-12,21H2,1-4H3,(H,22,27)(H,23,25)/t14-,15-/m0/s1. The summed E-state index contributed by atoms with van der Waals surface area (Å²) in [6, 6.07) is 6.57. The number of nitrogens with one attached hydrogen (secondary N) is 2. The molecule has 1 rings (SSSR count). The van der Waals surface area contributed by atoms with Crippen molar-refractivity contribution in [3.05, 3.63) is 35.9 Å². The summed E-state index contributed by atoms with van der Waals surface area (Å²) in [5, 5.41) is 4.72. The van der Waals surface area contributed by atoms with Gasteiger partial charge in [0.2, 0.25) is 5.91 Å². The smallest absolute Gasteiger partial charge is 0.407 e. The Morgan fingerprint density at radius 1 is 1.10 bits per heavy atom. The molecule has 0 aliphatic rings.